The average Bonchev–Trinajstić information content (AvgIpc) is 2.33. The Hall–Kier alpha value is -1.64. The van der Waals surface area contributed by atoms with Crippen molar-refractivity contribution in [2.75, 3.05) is 14.1 Å². The van der Waals surface area contributed by atoms with E-state index in [4.69, 9.17) is 0 Å². The third-order valence-corrected chi connectivity index (χ3v) is 3.52. The van der Waals surface area contributed by atoms with E-state index in [2.05, 4.69) is 0 Å². The van der Waals surface area contributed by atoms with Gasteiger partial charge < -0.3 is 4.90 Å². The van der Waals surface area contributed by atoms with Crippen molar-refractivity contribution in [3.8, 4) is 0 Å². The van der Waals surface area contributed by atoms with Crippen LogP contribution in [-0.4, -0.2) is 30.7 Å². The van der Waals surface area contributed by atoms with Crippen molar-refractivity contribution in [3.05, 3.63) is 35.4 Å². The van der Waals surface area contributed by atoms with Gasteiger partial charge in [0.15, 0.2) is 5.78 Å². The first kappa shape index (κ1) is 11.8. The maximum Gasteiger partial charge on any atom is 0.226 e. The van der Waals surface area contributed by atoms with Gasteiger partial charge in [-0.25, -0.2) is 0 Å². The van der Waals surface area contributed by atoms with E-state index >= 15 is 0 Å². The summed E-state index contributed by atoms with van der Waals surface area (Å²) < 4.78 is 0. The Balaban J connectivity index is 2.39. The third kappa shape index (κ3) is 1.97. The van der Waals surface area contributed by atoms with E-state index in [-0.39, 0.29) is 23.5 Å². The second-order valence-electron chi connectivity index (χ2n) is 4.84. The maximum absolute atomic E-state index is 12.0. The lowest BCUT2D eigenvalue weighted by molar-refractivity contribution is -0.133. The van der Waals surface area contributed by atoms with Crippen LogP contribution in [0.25, 0.3) is 0 Å². The largest absolute Gasteiger partial charge is 0.349 e. The first-order valence-corrected chi connectivity index (χ1v) is 5.85. The molecule has 0 N–H and O–H groups in total. The van der Waals surface area contributed by atoms with E-state index in [1.807, 2.05) is 31.2 Å². The standard InChI is InChI=1S/C14H17NO2/c1-9-10-6-4-5-7-11(10)13(16)8-12(9)14(17)15(2)3/h4-7,9,12H,8H2,1-3H3/t9-,12-/m0/s1. The number of nitrogens with zero attached hydrogens (tertiary/aromatic N) is 1. The van der Waals surface area contributed by atoms with E-state index in [1.165, 1.54) is 0 Å². The number of carbonyl (C=O) groups is 2. The Morgan fingerprint density at radius 3 is 2.59 bits per heavy atom. The molecule has 0 aromatic heterocycles. The zero-order chi connectivity index (χ0) is 12.6. The van der Waals surface area contributed by atoms with Crippen LogP contribution >= 0.6 is 0 Å². The molecule has 3 nitrogen and oxygen atoms in total. The highest BCUT2D eigenvalue weighted by Crippen LogP contribution is 2.36. The van der Waals surface area contributed by atoms with Gasteiger partial charge in [0.25, 0.3) is 0 Å². The van der Waals surface area contributed by atoms with Gasteiger partial charge in [-0.05, 0) is 11.5 Å². The molecule has 1 aliphatic carbocycles. The molecule has 1 aliphatic rings. The van der Waals surface area contributed by atoms with E-state index in [0.29, 0.717) is 6.42 Å². The van der Waals surface area contributed by atoms with Crippen LogP contribution < -0.4 is 0 Å². The highest BCUT2D eigenvalue weighted by molar-refractivity contribution is 6.02. The topological polar surface area (TPSA) is 37.4 Å². The number of rotatable bonds is 1. The van der Waals surface area contributed by atoms with Crippen molar-refractivity contribution in [1.29, 1.82) is 0 Å². The Kier molecular flexibility index (Phi) is 3.01. The quantitative estimate of drug-likeness (QED) is 0.742. The number of carbonyl (C=O) groups excluding carboxylic acids is 2. The third-order valence-electron chi connectivity index (χ3n) is 3.52. The molecule has 0 unspecified atom stereocenters. The van der Waals surface area contributed by atoms with Gasteiger partial charge in [-0.2, -0.15) is 0 Å². The number of fused-ring (bicyclic) bond motifs is 1. The van der Waals surface area contributed by atoms with Crippen molar-refractivity contribution in [3.63, 3.8) is 0 Å². The van der Waals surface area contributed by atoms with E-state index < -0.39 is 0 Å². The average molecular weight is 231 g/mol. The molecule has 0 aliphatic heterocycles. The van der Waals surface area contributed by atoms with Gasteiger partial charge in [-0.1, -0.05) is 31.2 Å². The first-order valence-electron chi connectivity index (χ1n) is 5.85. The van der Waals surface area contributed by atoms with Crippen LogP contribution in [0.15, 0.2) is 24.3 Å². The van der Waals surface area contributed by atoms with Crippen LogP contribution in [0.4, 0.5) is 0 Å². The molecule has 90 valence electrons. The monoisotopic (exact) mass is 231 g/mol. The highest BCUT2D eigenvalue weighted by atomic mass is 16.2. The first-order chi connectivity index (χ1) is 8.02. The van der Waals surface area contributed by atoms with Gasteiger partial charge in [0.2, 0.25) is 5.91 Å². The van der Waals surface area contributed by atoms with Crippen molar-refractivity contribution < 1.29 is 9.59 Å². The molecule has 2 atom stereocenters. The molecule has 0 saturated carbocycles. The number of amides is 1. The van der Waals surface area contributed by atoms with Gasteiger partial charge in [-0.3, -0.25) is 9.59 Å². The number of ketones is 1. The summed E-state index contributed by atoms with van der Waals surface area (Å²) in [6.07, 6.45) is 0.329. The van der Waals surface area contributed by atoms with Crippen molar-refractivity contribution in [2.45, 2.75) is 19.3 Å². The second-order valence-corrected chi connectivity index (χ2v) is 4.84. The van der Waals surface area contributed by atoms with Crippen LogP contribution in [0, 0.1) is 5.92 Å². The van der Waals surface area contributed by atoms with Crippen LogP contribution in [0.5, 0.6) is 0 Å². The summed E-state index contributed by atoms with van der Waals surface area (Å²) in [5.74, 6) is 0.0189. The summed E-state index contributed by atoms with van der Waals surface area (Å²) in [4.78, 5) is 25.6. The molecule has 17 heavy (non-hydrogen) atoms. The van der Waals surface area contributed by atoms with Crippen molar-refractivity contribution in [1.82, 2.24) is 4.90 Å². The van der Waals surface area contributed by atoms with Crippen molar-refractivity contribution in [2.24, 2.45) is 5.92 Å². The molecular weight excluding hydrogens is 214 g/mol. The minimum Gasteiger partial charge on any atom is -0.349 e. The van der Waals surface area contributed by atoms with Crippen LogP contribution in [-0.2, 0) is 4.79 Å². The van der Waals surface area contributed by atoms with E-state index in [9.17, 15) is 9.59 Å². The van der Waals surface area contributed by atoms with Gasteiger partial charge in [0.05, 0.1) is 5.92 Å². The molecule has 1 aromatic rings. The number of Topliss-reactive ketones (excluding diaryl/α,β-unsaturated/α-hetero) is 1. The fourth-order valence-electron chi connectivity index (χ4n) is 2.48. The Labute approximate surface area is 101 Å². The molecule has 2 rings (SSSR count). The molecule has 0 heterocycles. The molecule has 1 aromatic carbocycles. The molecular formula is C14H17NO2. The summed E-state index contributed by atoms with van der Waals surface area (Å²) in [7, 11) is 3.47. The molecule has 0 spiro atoms. The molecule has 3 heteroatoms. The predicted octanol–water partition coefficient (Wildman–Crippen LogP) is 2.08. The smallest absolute Gasteiger partial charge is 0.226 e. The van der Waals surface area contributed by atoms with Crippen LogP contribution in [0.3, 0.4) is 0 Å². The van der Waals surface area contributed by atoms with Gasteiger partial charge in [0, 0.05) is 26.1 Å². The minimum atomic E-state index is -0.215. The summed E-state index contributed by atoms with van der Waals surface area (Å²) >= 11 is 0. The minimum absolute atomic E-state index is 0.0420. The Morgan fingerprint density at radius 1 is 1.29 bits per heavy atom. The predicted molar refractivity (Wildman–Crippen MR) is 66.0 cm³/mol. The summed E-state index contributed by atoms with van der Waals surface area (Å²) in [5.41, 5.74) is 1.78. The highest BCUT2D eigenvalue weighted by Gasteiger charge is 2.36. The summed E-state index contributed by atoms with van der Waals surface area (Å²) in [6.45, 7) is 2.03. The normalized spacial score (nSPS) is 23.1. The van der Waals surface area contributed by atoms with E-state index in [1.54, 1.807) is 19.0 Å². The second kappa shape index (κ2) is 4.32. The Bertz CT molecular complexity index is 465. The fourth-order valence-corrected chi connectivity index (χ4v) is 2.48. The lowest BCUT2D eigenvalue weighted by atomic mass is 9.75. The van der Waals surface area contributed by atoms with Crippen molar-refractivity contribution >= 4 is 11.7 Å². The molecule has 0 bridgehead atoms. The number of hydrogen-bond donors (Lipinski definition) is 0. The zero-order valence-electron chi connectivity index (χ0n) is 10.4. The van der Waals surface area contributed by atoms with Crippen LogP contribution in [0.1, 0.15) is 35.2 Å². The molecule has 0 fully saturated rings. The lowest BCUT2D eigenvalue weighted by Gasteiger charge is -2.31. The maximum atomic E-state index is 12.0. The molecule has 0 saturated heterocycles. The SMILES string of the molecule is C[C@H]1c2ccccc2C(=O)C[C@@H]1C(=O)N(C)C. The molecule has 0 radical (unpaired) electrons. The van der Waals surface area contributed by atoms with E-state index in [0.717, 1.165) is 11.1 Å². The van der Waals surface area contributed by atoms with Gasteiger partial charge in [0.1, 0.15) is 0 Å². The summed E-state index contributed by atoms with van der Waals surface area (Å²) in [5, 5.41) is 0. The van der Waals surface area contributed by atoms with Crippen LogP contribution in [0.2, 0.25) is 0 Å². The number of hydrogen-bond acceptors (Lipinski definition) is 2. The zero-order valence-corrected chi connectivity index (χ0v) is 10.4. The van der Waals surface area contributed by atoms with Gasteiger partial charge in [-0.15, -0.1) is 0 Å². The Morgan fingerprint density at radius 2 is 1.94 bits per heavy atom. The summed E-state index contributed by atoms with van der Waals surface area (Å²) in [6, 6.07) is 7.60. The fraction of sp³-hybridized carbons (Fsp3) is 0.429. The lowest BCUT2D eigenvalue weighted by Crippen LogP contribution is -2.36. The molecule has 1 amide bonds. The number of benzene rings is 1. The van der Waals surface area contributed by atoms with Gasteiger partial charge >= 0.3 is 0 Å².